The van der Waals surface area contributed by atoms with Gasteiger partial charge < -0.3 is 24.6 Å². The SMILES string of the molecule is C=CCN1C(=O)[C@@]2(O[C@@H](CCn3cc([C@H](O)c4ccccc4)nn3)[C@H](C(C)(C)O)[C@H]2C)c2cc(N3CCOC3=O)ccc21. The molecule has 2 N–H and O–H groups in total. The minimum absolute atomic E-state index is 0.221. The summed E-state index contributed by atoms with van der Waals surface area (Å²) in [5.74, 6) is -1.04. The summed E-state index contributed by atoms with van der Waals surface area (Å²) in [5.41, 5.74) is 0.581. The third-order valence-electron chi connectivity index (χ3n) is 8.95. The molecule has 3 aliphatic heterocycles. The molecule has 43 heavy (non-hydrogen) atoms. The summed E-state index contributed by atoms with van der Waals surface area (Å²) >= 11 is 0. The Bertz CT molecular complexity index is 1530. The second-order valence-electron chi connectivity index (χ2n) is 12.0. The zero-order valence-corrected chi connectivity index (χ0v) is 24.6. The largest absolute Gasteiger partial charge is 0.447 e. The molecule has 3 aromatic rings. The van der Waals surface area contributed by atoms with Gasteiger partial charge in [-0.2, -0.15) is 0 Å². The number of cyclic esters (lactones) is 1. The van der Waals surface area contributed by atoms with Crippen molar-refractivity contribution < 1.29 is 29.3 Å². The molecule has 0 aliphatic carbocycles. The highest BCUT2D eigenvalue weighted by Gasteiger charge is 2.65. The number of amides is 2. The quantitative estimate of drug-likeness (QED) is 0.364. The fourth-order valence-corrected chi connectivity index (χ4v) is 7.06. The van der Waals surface area contributed by atoms with Crippen molar-refractivity contribution in [3.8, 4) is 0 Å². The lowest BCUT2D eigenvalue weighted by molar-refractivity contribution is -0.146. The molecule has 3 aliphatic rings. The van der Waals surface area contributed by atoms with Crippen molar-refractivity contribution in [2.24, 2.45) is 11.8 Å². The third kappa shape index (κ3) is 4.81. The Kier molecular flexibility index (Phi) is 7.35. The first-order valence-electron chi connectivity index (χ1n) is 14.6. The maximum Gasteiger partial charge on any atom is 0.414 e. The number of carbonyl (C=O) groups excluding carboxylic acids is 2. The first-order chi connectivity index (χ1) is 20.6. The molecule has 2 amide bonds. The summed E-state index contributed by atoms with van der Waals surface area (Å²) < 4.78 is 13.6. The van der Waals surface area contributed by atoms with Crippen LogP contribution in [0.3, 0.4) is 0 Å². The Balaban J connectivity index is 1.32. The maximum absolute atomic E-state index is 14.3. The number of aromatic nitrogens is 3. The van der Waals surface area contributed by atoms with Crippen molar-refractivity contribution >= 4 is 23.4 Å². The van der Waals surface area contributed by atoms with E-state index in [0.717, 1.165) is 5.56 Å². The number of ether oxygens (including phenoxy) is 2. The van der Waals surface area contributed by atoms with E-state index in [1.165, 1.54) is 0 Å². The van der Waals surface area contributed by atoms with Crippen LogP contribution in [-0.4, -0.2) is 68.6 Å². The summed E-state index contributed by atoms with van der Waals surface area (Å²) in [6, 6.07) is 14.7. The number of benzene rings is 2. The van der Waals surface area contributed by atoms with Crippen LogP contribution in [-0.2, 0) is 26.4 Å². The van der Waals surface area contributed by atoms with Crippen molar-refractivity contribution in [2.45, 2.75) is 57.1 Å². The van der Waals surface area contributed by atoms with Crippen LogP contribution >= 0.6 is 0 Å². The molecule has 0 saturated carbocycles. The van der Waals surface area contributed by atoms with Gasteiger partial charge in [0.1, 0.15) is 18.4 Å². The molecule has 2 saturated heterocycles. The van der Waals surface area contributed by atoms with Crippen molar-refractivity contribution in [1.82, 2.24) is 15.0 Å². The molecule has 2 fully saturated rings. The van der Waals surface area contributed by atoms with Gasteiger partial charge in [-0.25, -0.2) is 4.79 Å². The van der Waals surface area contributed by atoms with E-state index in [2.05, 4.69) is 16.9 Å². The van der Waals surface area contributed by atoms with E-state index in [9.17, 15) is 19.8 Å². The number of carbonyl (C=O) groups is 2. The Hall–Kier alpha value is -4.06. The lowest BCUT2D eigenvalue weighted by Crippen LogP contribution is -2.46. The summed E-state index contributed by atoms with van der Waals surface area (Å²) in [6.45, 7) is 10.7. The molecular formula is C32H37N5O6. The van der Waals surface area contributed by atoms with Crippen molar-refractivity contribution in [3.63, 3.8) is 0 Å². The van der Waals surface area contributed by atoms with Crippen LogP contribution in [0.15, 0.2) is 67.4 Å². The van der Waals surface area contributed by atoms with Gasteiger partial charge in [-0.1, -0.05) is 48.5 Å². The molecule has 11 heteroatoms. The van der Waals surface area contributed by atoms with Crippen LogP contribution in [0.1, 0.15) is 50.1 Å². The van der Waals surface area contributed by atoms with Gasteiger partial charge in [0.25, 0.3) is 5.91 Å². The minimum Gasteiger partial charge on any atom is -0.447 e. The second kappa shape index (κ2) is 10.9. The summed E-state index contributed by atoms with van der Waals surface area (Å²) in [4.78, 5) is 29.9. The monoisotopic (exact) mass is 587 g/mol. The standard InChI is InChI=1S/C32H37N5O6/c1-5-14-37-25-12-11-22(36-16-17-42-30(36)40)18-23(25)32(29(37)39)20(2)27(31(3,4)41)26(43-32)13-15-35-19-24(33-34-35)28(38)21-9-7-6-8-10-21/h5-12,18-20,26-28,38,41H,1,13-17H2,2-4H3/t20-,26+,27-,28-,32+/m1/s1. The van der Waals surface area contributed by atoms with Gasteiger partial charge in [0.2, 0.25) is 0 Å². The van der Waals surface area contributed by atoms with Gasteiger partial charge in [0.05, 0.1) is 30.1 Å². The molecule has 0 radical (unpaired) electrons. The predicted molar refractivity (Wildman–Crippen MR) is 158 cm³/mol. The van der Waals surface area contributed by atoms with Gasteiger partial charge in [0.15, 0.2) is 5.60 Å². The molecule has 0 bridgehead atoms. The third-order valence-corrected chi connectivity index (χ3v) is 8.95. The Morgan fingerprint density at radius 3 is 2.65 bits per heavy atom. The highest BCUT2D eigenvalue weighted by atomic mass is 16.6. The van der Waals surface area contributed by atoms with E-state index in [0.29, 0.717) is 48.7 Å². The Morgan fingerprint density at radius 2 is 1.98 bits per heavy atom. The molecule has 1 aromatic heterocycles. The van der Waals surface area contributed by atoms with Crippen molar-refractivity contribution in [3.05, 3.63) is 84.2 Å². The van der Waals surface area contributed by atoms with Crippen molar-refractivity contribution in [2.75, 3.05) is 29.5 Å². The fraction of sp³-hybridized carbons (Fsp3) is 0.438. The fourth-order valence-electron chi connectivity index (χ4n) is 7.06. The minimum atomic E-state index is -1.37. The summed E-state index contributed by atoms with van der Waals surface area (Å²) in [5, 5.41) is 30.6. The average Bonchev–Trinajstić information content (AvgIpc) is 3.75. The first-order valence-corrected chi connectivity index (χ1v) is 14.6. The topological polar surface area (TPSA) is 130 Å². The van der Waals surface area contributed by atoms with Crippen LogP contribution in [0, 0.1) is 11.8 Å². The van der Waals surface area contributed by atoms with E-state index < -0.39 is 41.3 Å². The van der Waals surface area contributed by atoms with Gasteiger partial charge in [-0.05, 0) is 44.0 Å². The van der Waals surface area contributed by atoms with Crippen LogP contribution in [0.4, 0.5) is 16.2 Å². The first kappa shape index (κ1) is 29.0. The molecule has 5 atom stereocenters. The molecule has 1 spiro atoms. The predicted octanol–water partition coefficient (Wildman–Crippen LogP) is 3.56. The Labute approximate surface area is 250 Å². The van der Waals surface area contributed by atoms with Crippen LogP contribution in [0.5, 0.6) is 0 Å². The van der Waals surface area contributed by atoms with Crippen LogP contribution in [0.25, 0.3) is 0 Å². The van der Waals surface area contributed by atoms with Crippen LogP contribution in [0.2, 0.25) is 0 Å². The van der Waals surface area contributed by atoms with E-state index >= 15 is 0 Å². The van der Waals surface area contributed by atoms with E-state index in [4.69, 9.17) is 9.47 Å². The molecule has 2 aromatic carbocycles. The van der Waals surface area contributed by atoms with Crippen molar-refractivity contribution in [1.29, 1.82) is 0 Å². The number of nitrogens with zero attached hydrogens (tertiary/aromatic N) is 5. The number of anilines is 2. The number of aliphatic hydroxyl groups is 2. The smallest absolute Gasteiger partial charge is 0.414 e. The number of aryl methyl sites for hydroxylation is 1. The second-order valence-corrected chi connectivity index (χ2v) is 12.0. The molecule has 6 rings (SSSR count). The summed E-state index contributed by atoms with van der Waals surface area (Å²) in [6.07, 6.45) is 1.96. The molecule has 0 unspecified atom stereocenters. The van der Waals surface area contributed by atoms with Gasteiger partial charge in [-0.3, -0.25) is 14.4 Å². The molecular weight excluding hydrogens is 550 g/mol. The zero-order valence-electron chi connectivity index (χ0n) is 24.6. The highest BCUT2D eigenvalue weighted by Crippen LogP contribution is 2.58. The molecule has 226 valence electrons. The number of rotatable bonds is 9. The lowest BCUT2D eigenvalue weighted by Gasteiger charge is -2.34. The number of hydrogen-bond acceptors (Lipinski definition) is 8. The number of aliphatic hydroxyl groups excluding tert-OH is 1. The molecule has 11 nitrogen and oxygen atoms in total. The van der Waals surface area contributed by atoms with Gasteiger partial charge in [-0.15, -0.1) is 11.7 Å². The van der Waals surface area contributed by atoms with Gasteiger partial charge >= 0.3 is 6.09 Å². The Morgan fingerprint density at radius 1 is 1.21 bits per heavy atom. The normalized spacial score (nSPS) is 25.8. The zero-order chi connectivity index (χ0) is 30.5. The van der Waals surface area contributed by atoms with Crippen LogP contribution < -0.4 is 9.80 Å². The van der Waals surface area contributed by atoms with E-state index in [1.54, 1.807) is 40.6 Å². The number of hydrogen-bond donors (Lipinski definition) is 2. The lowest BCUT2D eigenvalue weighted by atomic mass is 9.71. The van der Waals surface area contributed by atoms with E-state index in [1.807, 2.05) is 55.5 Å². The highest BCUT2D eigenvalue weighted by molar-refractivity contribution is 6.08. The summed E-state index contributed by atoms with van der Waals surface area (Å²) in [7, 11) is 0. The molecule has 4 heterocycles. The number of fused-ring (bicyclic) bond motifs is 2. The average molecular weight is 588 g/mol. The van der Waals surface area contributed by atoms with E-state index in [-0.39, 0.29) is 12.5 Å². The van der Waals surface area contributed by atoms with Gasteiger partial charge in [0, 0.05) is 36.2 Å². The maximum atomic E-state index is 14.3.